The highest BCUT2D eigenvalue weighted by Gasteiger charge is 2.16. The summed E-state index contributed by atoms with van der Waals surface area (Å²) in [5, 5.41) is 0. The summed E-state index contributed by atoms with van der Waals surface area (Å²) in [6.45, 7) is 3.87. The second-order valence-corrected chi connectivity index (χ2v) is 6.08. The second-order valence-electron chi connectivity index (χ2n) is 4.13. The minimum absolute atomic E-state index is 0. The fourth-order valence-electron chi connectivity index (χ4n) is 1.57. The van der Waals surface area contributed by atoms with Crippen molar-refractivity contribution in [2.24, 2.45) is 0 Å². The van der Waals surface area contributed by atoms with Crippen LogP contribution in [-0.2, 0) is 9.84 Å². The molecule has 0 aromatic heterocycles. The molecule has 0 aliphatic rings. The van der Waals surface area contributed by atoms with Crippen LogP contribution < -0.4 is 12.3 Å². The van der Waals surface area contributed by atoms with Crippen LogP contribution in [0, 0.1) is 13.8 Å². The number of sulfone groups is 1. The van der Waals surface area contributed by atoms with Gasteiger partial charge in [0.25, 0.3) is 0 Å². The molecular formula is C14H20N2O2S. The van der Waals surface area contributed by atoms with Gasteiger partial charge in [0.15, 0.2) is 0 Å². The molecule has 0 unspecified atom stereocenters. The zero-order chi connectivity index (χ0) is 12.5. The predicted molar refractivity (Wildman–Crippen MR) is 77.9 cm³/mol. The van der Waals surface area contributed by atoms with Crippen molar-refractivity contribution in [2.45, 2.75) is 23.6 Å². The Labute approximate surface area is 114 Å². The highest BCUT2D eigenvalue weighted by Crippen LogP contribution is 2.21. The van der Waals surface area contributed by atoms with Crippen molar-refractivity contribution in [1.29, 1.82) is 0 Å². The first kappa shape index (κ1) is 17.3. The standard InChI is InChI=1S/C14H14O2S.2H3N/c1-11-3-7-13(8-4-11)17(15,16)14-9-5-12(2)6-10-14;;/h3-10H,1-2H3;2*1H3. The molecule has 0 saturated carbocycles. The SMILES string of the molecule is Cc1ccc(S(=O)(=O)c2ccc(C)cc2)cc1.N.N. The largest absolute Gasteiger partial charge is 0.344 e. The number of rotatable bonds is 2. The van der Waals surface area contributed by atoms with Gasteiger partial charge in [-0.05, 0) is 38.1 Å². The molecule has 2 aromatic rings. The molecule has 0 bridgehead atoms. The van der Waals surface area contributed by atoms with Gasteiger partial charge in [0.2, 0.25) is 9.84 Å². The van der Waals surface area contributed by atoms with Gasteiger partial charge in [-0.15, -0.1) is 0 Å². The van der Waals surface area contributed by atoms with E-state index >= 15 is 0 Å². The molecule has 0 saturated heterocycles. The summed E-state index contributed by atoms with van der Waals surface area (Å²) in [6, 6.07) is 13.8. The fourth-order valence-corrected chi connectivity index (χ4v) is 2.83. The summed E-state index contributed by atoms with van der Waals surface area (Å²) < 4.78 is 24.5. The van der Waals surface area contributed by atoms with Gasteiger partial charge in [-0.2, -0.15) is 0 Å². The summed E-state index contributed by atoms with van der Waals surface area (Å²) in [5.74, 6) is 0. The first-order chi connectivity index (χ1) is 8.00. The van der Waals surface area contributed by atoms with Crippen LogP contribution in [0.5, 0.6) is 0 Å². The van der Waals surface area contributed by atoms with Gasteiger partial charge in [-0.1, -0.05) is 35.4 Å². The Morgan fingerprint density at radius 2 is 0.895 bits per heavy atom. The Bertz CT molecular complexity index is 566. The van der Waals surface area contributed by atoms with E-state index in [4.69, 9.17) is 0 Å². The summed E-state index contributed by atoms with van der Waals surface area (Å²) >= 11 is 0. The van der Waals surface area contributed by atoms with Gasteiger partial charge in [0.05, 0.1) is 9.79 Å². The molecule has 104 valence electrons. The average molecular weight is 280 g/mol. The number of benzene rings is 2. The van der Waals surface area contributed by atoms with Crippen LogP contribution in [0.4, 0.5) is 0 Å². The molecule has 19 heavy (non-hydrogen) atoms. The first-order valence-corrected chi connectivity index (χ1v) is 6.87. The van der Waals surface area contributed by atoms with Crippen LogP contribution in [0.25, 0.3) is 0 Å². The van der Waals surface area contributed by atoms with Crippen molar-refractivity contribution in [3.05, 3.63) is 59.7 Å². The summed E-state index contributed by atoms with van der Waals surface area (Å²) in [5.41, 5.74) is 2.10. The van der Waals surface area contributed by atoms with Gasteiger partial charge in [0.1, 0.15) is 0 Å². The maximum atomic E-state index is 12.3. The summed E-state index contributed by atoms with van der Waals surface area (Å²) in [4.78, 5) is 0.680. The monoisotopic (exact) mass is 280 g/mol. The van der Waals surface area contributed by atoms with E-state index in [9.17, 15) is 8.42 Å². The third kappa shape index (κ3) is 3.64. The maximum absolute atomic E-state index is 12.3. The molecule has 0 aliphatic carbocycles. The van der Waals surface area contributed by atoms with Crippen molar-refractivity contribution in [1.82, 2.24) is 12.3 Å². The van der Waals surface area contributed by atoms with Crippen molar-refractivity contribution < 1.29 is 8.42 Å². The molecule has 2 aromatic carbocycles. The van der Waals surface area contributed by atoms with E-state index in [2.05, 4.69) is 0 Å². The minimum atomic E-state index is -3.37. The first-order valence-electron chi connectivity index (χ1n) is 5.38. The van der Waals surface area contributed by atoms with Crippen LogP contribution in [-0.4, -0.2) is 8.42 Å². The Morgan fingerprint density at radius 1 is 0.632 bits per heavy atom. The molecule has 0 heterocycles. The highest BCUT2D eigenvalue weighted by atomic mass is 32.2. The molecule has 0 aliphatic heterocycles. The fraction of sp³-hybridized carbons (Fsp3) is 0.143. The van der Waals surface area contributed by atoms with E-state index in [-0.39, 0.29) is 12.3 Å². The lowest BCUT2D eigenvalue weighted by Crippen LogP contribution is -2.01. The zero-order valence-electron chi connectivity index (χ0n) is 11.3. The number of hydrogen-bond acceptors (Lipinski definition) is 4. The molecule has 0 amide bonds. The third-order valence-electron chi connectivity index (χ3n) is 2.66. The smallest absolute Gasteiger partial charge is 0.206 e. The molecule has 4 nitrogen and oxygen atoms in total. The lowest BCUT2D eigenvalue weighted by molar-refractivity contribution is 0.596. The molecule has 5 heteroatoms. The van der Waals surface area contributed by atoms with E-state index in [0.717, 1.165) is 11.1 Å². The van der Waals surface area contributed by atoms with Gasteiger partial charge < -0.3 is 12.3 Å². The lowest BCUT2D eigenvalue weighted by atomic mass is 10.2. The van der Waals surface area contributed by atoms with Crippen molar-refractivity contribution in [3.63, 3.8) is 0 Å². The van der Waals surface area contributed by atoms with Crippen LogP contribution in [0.3, 0.4) is 0 Å². The van der Waals surface area contributed by atoms with E-state index in [1.807, 2.05) is 13.8 Å². The van der Waals surface area contributed by atoms with Gasteiger partial charge in [-0.25, -0.2) is 8.42 Å². The van der Waals surface area contributed by atoms with E-state index in [1.54, 1.807) is 48.5 Å². The quantitative estimate of drug-likeness (QED) is 0.878. The molecule has 0 spiro atoms. The maximum Gasteiger partial charge on any atom is 0.206 e. The topological polar surface area (TPSA) is 104 Å². The third-order valence-corrected chi connectivity index (χ3v) is 4.45. The Hall–Kier alpha value is -1.69. The Kier molecular flexibility index (Phi) is 5.89. The van der Waals surface area contributed by atoms with Crippen LogP contribution in [0.2, 0.25) is 0 Å². The Balaban J connectivity index is 0.00000162. The zero-order valence-corrected chi connectivity index (χ0v) is 12.1. The molecule has 0 atom stereocenters. The molecule has 0 radical (unpaired) electrons. The minimum Gasteiger partial charge on any atom is -0.344 e. The summed E-state index contributed by atoms with van der Waals surface area (Å²) in [7, 11) is -3.37. The van der Waals surface area contributed by atoms with E-state index in [0.29, 0.717) is 9.79 Å². The van der Waals surface area contributed by atoms with Crippen molar-refractivity contribution >= 4 is 9.84 Å². The number of aryl methyl sites for hydroxylation is 2. The summed E-state index contributed by atoms with van der Waals surface area (Å²) in [6.07, 6.45) is 0. The van der Waals surface area contributed by atoms with Gasteiger partial charge in [-0.3, -0.25) is 0 Å². The predicted octanol–water partition coefficient (Wildman–Crippen LogP) is 3.46. The second kappa shape index (κ2) is 6.47. The van der Waals surface area contributed by atoms with E-state index < -0.39 is 9.84 Å². The molecule has 6 N–H and O–H groups in total. The number of hydrogen-bond donors (Lipinski definition) is 2. The van der Waals surface area contributed by atoms with E-state index in [1.165, 1.54) is 0 Å². The normalized spacial score (nSPS) is 10.2. The van der Waals surface area contributed by atoms with Crippen molar-refractivity contribution in [2.75, 3.05) is 0 Å². The lowest BCUT2D eigenvalue weighted by Gasteiger charge is -2.05. The molecule has 2 rings (SSSR count). The van der Waals surface area contributed by atoms with Crippen molar-refractivity contribution in [3.8, 4) is 0 Å². The molecular weight excluding hydrogens is 260 g/mol. The highest BCUT2D eigenvalue weighted by molar-refractivity contribution is 7.91. The van der Waals surface area contributed by atoms with Gasteiger partial charge in [0, 0.05) is 0 Å². The van der Waals surface area contributed by atoms with Gasteiger partial charge >= 0.3 is 0 Å². The van der Waals surface area contributed by atoms with Crippen LogP contribution in [0.15, 0.2) is 58.3 Å². The van der Waals surface area contributed by atoms with Crippen LogP contribution in [0.1, 0.15) is 11.1 Å². The molecule has 0 fully saturated rings. The van der Waals surface area contributed by atoms with Crippen LogP contribution >= 0.6 is 0 Å². The average Bonchev–Trinajstić information content (AvgIpc) is 2.30. The Morgan fingerprint density at radius 3 is 1.16 bits per heavy atom.